The number of thiophene rings is 1. The molecule has 0 amide bonds. The van der Waals surface area contributed by atoms with E-state index in [0.717, 1.165) is 10.4 Å². The summed E-state index contributed by atoms with van der Waals surface area (Å²) in [6.45, 7) is 1.76. The lowest BCUT2D eigenvalue weighted by molar-refractivity contribution is 0.613. The Morgan fingerprint density at radius 2 is 2.07 bits per heavy atom. The molecule has 15 heavy (non-hydrogen) atoms. The summed E-state index contributed by atoms with van der Waals surface area (Å²) in [7, 11) is 0. The van der Waals surface area contributed by atoms with E-state index < -0.39 is 0 Å². The van der Waals surface area contributed by atoms with Gasteiger partial charge < -0.3 is 5.73 Å². The maximum atomic E-state index is 13.3. The highest BCUT2D eigenvalue weighted by Crippen LogP contribution is 2.26. The molecule has 0 fully saturated rings. The van der Waals surface area contributed by atoms with Crippen molar-refractivity contribution in [2.45, 2.75) is 13.0 Å². The van der Waals surface area contributed by atoms with Gasteiger partial charge in [-0.25, -0.2) is 4.39 Å². The van der Waals surface area contributed by atoms with E-state index in [4.69, 9.17) is 5.73 Å². The Morgan fingerprint density at radius 3 is 2.73 bits per heavy atom. The van der Waals surface area contributed by atoms with E-state index >= 15 is 0 Å². The highest BCUT2D eigenvalue weighted by Gasteiger charge is 2.13. The molecule has 0 aliphatic heterocycles. The van der Waals surface area contributed by atoms with Crippen LogP contribution >= 0.6 is 11.3 Å². The predicted molar refractivity (Wildman–Crippen MR) is 61.5 cm³/mol. The minimum atomic E-state index is -0.222. The highest BCUT2D eigenvalue weighted by atomic mass is 32.1. The molecule has 0 spiro atoms. The molecular weight excluding hydrogens is 209 g/mol. The van der Waals surface area contributed by atoms with Crippen LogP contribution in [0.25, 0.3) is 0 Å². The Morgan fingerprint density at radius 1 is 1.27 bits per heavy atom. The van der Waals surface area contributed by atoms with Gasteiger partial charge in [0.2, 0.25) is 0 Å². The van der Waals surface area contributed by atoms with E-state index in [1.54, 1.807) is 24.3 Å². The van der Waals surface area contributed by atoms with Crippen LogP contribution in [-0.4, -0.2) is 0 Å². The van der Waals surface area contributed by atoms with Crippen LogP contribution in [0, 0.1) is 12.7 Å². The van der Waals surface area contributed by atoms with Gasteiger partial charge in [0.05, 0.1) is 6.04 Å². The summed E-state index contributed by atoms with van der Waals surface area (Å²) in [5.74, 6) is -0.195. The van der Waals surface area contributed by atoms with E-state index in [1.165, 1.54) is 6.07 Å². The Kier molecular flexibility index (Phi) is 2.84. The fourth-order valence-corrected chi connectivity index (χ4v) is 2.33. The average Bonchev–Trinajstić information content (AvgIpc) is 2.74. The predicted octanol–water partition coefficient (Wildman–Crippen LogP) is 3.24. The third-order valence-electron chi connectivity index (χ3n) is 2.49. The van der Waals surface area contributed by atoms with E-state index in [-0.39, 0.29) is 11.9 Å². The van der Waals surface area contributed by atoms with Crippen molar-refractivity contribution in [2.75, 3.05) is 0 Å². The van der Waals surface area contributed by atoms with Crippen LogP contribution in [0.1, 0.15) is 22.0 Å². The molecule has 0 saturated heterocycles. The van der Waals surface area contributed by atoms with Gasteiger partial charge in [0.25, 0.3) is 0 Å². The molecule has 3 heteroatoms. The van der Waals surface area contributed by atoms with Crippen LogP contribution in [0.4, 0.5) is 4.39 Å². The maximum Gasteiger partial charge on any atom is 0.126 e. The number of halogens is 1. The van der Waals surface area contributed by atoms with Crippen molar-refractivity contribution in [1.29, 1.82) is 0 Å². The first-order valence-electron chi connectivity index (χ1n) is 4.74. The molecule has 0 saturated carbocycles. The van der Waals surface area contributed by atoms with Crippen molar-refractivity contribution in [1.82, 2.24) is 0 Å². The molecule has 2 aromatic rings. The van der Waals surface area contributed by atoms with Gasteiger partial charge >= 0.3 is 0 Å². The lowest BCUT2D eigenvalue weighted by atomic mass is 10.0. The molecule has 0 bridgehead atoms. The van der Waals surface area contributed by atoms with Gasteiger partial charge in [-0.2, -0.15) is 0 Å². The number of nitrogens with two attached hydrogens (primary N) is 1. The van der Waals surface area contributed by atoms with E-state index in [9.17, 15) is 4.39 Å². The average molecular weight is 221 g/mol. The third-order valence-corrected chi connectivity index (χ3v) is 3.45. The monoisotopic (exact) mass is 221 g/mol. The highest BCUT2D eigenvalue weighted by molar-refractivity contribution is 7.10. The van der Waals surface area contributed by atoms with E-state index in [0.29, 0.717) is 5.56 Å². The van der Waals surface area contributed by atoms with Crippen LogP contribution < -0.4 is 5.73 Å². The van der Waals surface area contributed by atoms with E-state index in [2.05, 4.69) is 0 Å². The van der Waals surface area contributed by atoms with Crippen LogP contribution in [0.5, 0.6) is 0 Å². The zero-order valence-corrected chi connectivity index (χ0v) is 9.22. The van der Waals surface area contributed by atoms with Gasteiger partial charge in [0.15, 0.2) is 0 Å². The second-order valence-corrected chi connectivity index (χ2v) is 4.43. The normalized spacial score (nSPS) is 12.7. The molecule has 1 nitrogen and oxygen atoms in total. The Hall–Kier alpha value is -1.19. The topological polar surface area (TPSA) is 26.0 Å². The fourth-order valence-electron chi connectivity index (χ4n) is 1.58. The molecule has 2 N–H and O–H groups in total. The van der Waals surface area contributed by atoms with Crippen LogP contribution in [0.15, 0.2) is 35.7 Å². The van der Waals surface area contributed by atoms with Crippen LogP contribution in [-0.2, 0) is 0 Å². The Labute approximate surface area is 92.4 Å². The minimum absolute atomic E-state index is 0.195. The van der Waals surface area contributed by atoms with Gasteiger partial charge in [-0.15, -0.1) is 11.3 Å². The van der Waals surface area contributed by atoms with Gasteiger partial charge in [-0.3, -0.25) is 0 Å². The fraction of sp³-hybridized carbons (Fsp3) is 0.167. The lowest BCUT2D eigenvalue weighted by Gasteiger charge is -2.13. The van der Waals surface area contributed by atoms with Crippen LogP contribution in [0.3, 0.4) is 0 Å². The first-order chi connectivity index (χ1) is 7.20. The first kappa shape index (κ1) is 10.3. The molecule has 0 unspecified atom stereocenters. The van der Waals surface area contributed by atoms with Crippen molar-refractivity contribution >= 4 is 11.3 Å². The van der Waals surface area contributed by atoms with Gasteiger partial charge in [0, 0.05) is 4.88 Å². The Bertz CT molecular complexity index is 451. The summed E-state index contributed by atoms with van der Waals surface area (Å²) in [6, 6.07) is 8.74. The number of hydrogen-bond donors (Lipinski definition) is 1. The Balaban J connectivity index is 2.42. The van der Waals surface area contributed by atoms with Crippen molar-refractivity contribution in [3.05, 3.63) is 57.5 Å². The molecule has 2 rings (SSSR count). The second-order valence-electron chi connectivity index (χ2n) is 3.45. The quantitative estimate of drug-likeness (QED) is 0.827. The molecule has 0 radical (unpaired) electrons. The van der Waals surface area contributed by atoms with Crippen molar-refractivity contribution in [3.8, 4) is 0 Å². The van der Waals surface area contributed by atoms with Crippen molar-refractivity contribution in [2.24, 2.45) is 5.73 Å². The van der Waals surface area contributed by atoms with Gasteiger partial charge in [0.1, 0.15) is 5.82 Å². The zero-order chi connectivity index (χ0) is 10.8. The summed E-state index contributed by atoms with van der Waals surface area (Å²) in [5.41, 5.74) is 7.57. The van der Waals surface area contributed by atoms with Gasteiger partial charge in [-0.05, 0) is 35.6 Å². The SMILES string of the molecule is Cc1c(F)cccc1[C@@H](N)c1cccs1. The molecule has 0 aliphatic rings. The number of hydrogen-bond acceptors (Lipinski definition) is 2. The summed E-state index contributed by atoms with van der Waals surface area (Å²) in [5, 5.41) is 1.98. The van der Waals surface area contributed by atoms with Crippen molar-refractivity contribution in [3.63, 3.8) is 0 Å². The lowest BCUT2D eigenvalue weighted by Crippen LogP contribution is -2.12. The standard InChI is InChI=1S/C12H12FNS/c1-8-9(4-2-5-10(8)13)12(14)11-6-3-7-15-11/h2-7,12H,14H2,1H3/t12-/m1/s1. The molecule has 1 aromatic carbocycles. The maximum absolute atomic E-state index is 13.3. The largest absolute Gasteiger partial charge is 0.320 e. The summed E-state index contributed by atoms with van der Waals surface area (Å²) in [4.78, 5) is 1.06. The summed E-state index contributed by atoms with van der Waals surface area (Å²) >= 11 is 1.59. The molecule has 1 heterocycles. The molecule has 1 aromatic heterocycles. The van der Waals surface area contributed by atoms with Crippen LogP contribution in [0.2, 0.25) is 0 Å². The van der Waals surface area contributed by atoms with Gasteiger partial charge in [-0.1, -0.05) is 18.2 Å². The second kappa shape index (κ2) is 4.13. The zero-order valence-electron chi connectivity index (χ0n) is 8.41. The smallest absolute Gasteiger partial charge is 0.126 e. The number of rotatable bonds is 2. The summed E-state index contributed by atoms with van der Waals surface area (Å²) < 4.78 is 13.3. The number of benzene rings is 1. The summed E-state index contributed by atoms with van der Waals surface area (Å²) in [6.07, 6.45) is 0. The minimum Gasteiger partial charge on any atom is -0.320 e. The molecular formula is C12H12FNS. The molecule has 78 valence electrons. The molecule has 1 atom stereocenters. The van der Waals surface area contributed by atoms with Crippen molar-refractivity contribution < 1.29 is 4.39 Å². The first-order valence-corrected chi connectivity index (χ1v) is 5.62. The molecule has 0 aliphatic carbocycles. The van der Waals surface area contributed by atoms with E-state index in [1.807, 2.05) is 23.6 Å². The third kappa shape index (κ3) is 1.94.